The summed E-state index contributed by atoms with van der Waals surface area (Å²) in [6.45, 7) is 4.84. The van der Waals surface area contributed by atoms with E-state index in [0.29, 0.717) is 30.3 Å². The lowest BCUT2D eigenvalue weighted by Gasteiger charge is -2.15. The van der Waals surface area contributed by atoms with Crippen molar-refractivity contribution in [1.82, 2.24) is 5.01 Å². The summed E-state index contributed by atoms with van der Waals surface area (Å²) in [5.74, 6) is 0.596. The van der Waals surface area contributed by atoms with Crippen LogP contribution in [-0.4, -0.2) is 29.6 Å². The predicted octanol–water partition coefficient (Wildman–Crippen LogP) is 4.88. The molecule has 0 N–H and O–H groups in total. The summed E-state index contributed by atoms with van der Waals surface area (Å²) in [7, 11) is 0. The molecule has 5 rings (SSSR count). The molecule has 1 heterocycles. The minimum absolute atomic E-state index is 0.165. The summed E-state index contributed by atoms with van der Waals surface area (Å²) >= 11 is 3.56. The van der Waals surface area contributed by atoms with Crippen LogP contribution in [0.15, 0.2) is 58.1 Å². The Morgan fingerprint density at radius 3 is 2.30 bits per heavy atom. The molecule has 2 aromatic rings. The van der Waals surface area contributed by atoms with Crippen LogP contribution in [0.4, 0.5) is 0 Å². The number of aryl methyl sites for hydroxylation is 1. The van der Waals surface area contributed by atoms with Crippen LogP contribution in [-0.2, 0) is 16.2 Å². The van der Waals surface area contributed by atoms with Gasteiger partial charge in [-0.05, 0) is 65.7 Å². The lowest BCUT2D eigenvalue weighted by molar-refractivity contribution is -0.140. The van der Waals surface area contributed by atoms with E-state index in [1.165, 1.54) is 11.8 Å². The topological polar surface area (TPSA) is 68.2 Å². The largest absolute Gasteiger partial charge is 0.490 e. The summed E-state index contributed by atoms with van der Waals surface area (Å²) in [6.07, 6.45) is 6.58. The Balaban J connectivity index is 1.34. The van der Waals surface area contributed by atoms with Gasteiger partial charge in [0.25, 0.3) is 11.8 Å². The number of ether oxygens (including phenoxy) is 2. The molecule has 170 valence electrons. The molecule has 1 saturated heterocycles. The van der Waals surface area contributed by atoms with Gasteiger partial charge in [0.05, 0.1) is 24.7 Å². The first-order valence-electron chi connectivity index (χ1n) is 11.2. The molecule has 0 aromatic heterocycles. The number of fused-ring (bicyclic) bond motifs is 5. The molecule has 33 heavy (non-hydrogen) atoms. The summed E-state index contributed by atoms with van der Waals surface area (Å²) in [5.41, 5.74) is 2.95. The van der Waals surface area contributed by atoms with Crippen LogP contribution < -0.4 is 9.47 Å². The van der Waals surface area contributed by atoms with Crippen LogP contribution in [0.1, 0.15) is 30.0 Å². The highest BCUT2D eigenvalue weighted by molar-refractivity contribution is 9.10. The maximum atomic E-state index is 12.9. The van der Waals surface area contributed by atoms with Gasteiger partial charge < -0.3 is 9.47 Å². The first-order valence-corrected chi connectivity index (χ1v) is 12.0. The summed E-state index contributed by atoms with van der Waals surface area (Å²) < 4.78 is 12.5. The van der Waals surface area contributed by atoms with Gasteiger partial charge in [0.2, 0.25) is 0 Å². The summed E-state index contributed by atoms with van der Waals surface area (Å²) in [4.78, 5) is 25.7. The zero-order chi connectivity index (χ0) is 23.1. The Hall–Kier alpha value is -2.93. The third-order valence-electron chi connectivity index (χ3n) is 6.64. The maximum absolute atomic E-state index is 12.9. The van der Waals surface area contributed by atoms with Crippen LogP contribution in [0.5, 0.6) is 11.5 Å². The van der Waals surface area contributed by atoms with Gasteiger partial charge in [-0.1, -0.05) is 42.0 Å². The smallest absolute Gasteiger partial charge is 0.254 e. The van der Waals surface area contributed by atoms with Crippen molar-refractivity contribution in [3.05, 3.63) is 69.7 Å². The molecule has 7 heteroatoms. The van der Waals surface area contributed by atoms with E-state index in [4.69, 9.17) is 9.47 Å². The fourth-order valence-electron chi connectivity index (χ4n) is 5.00. The number of hydrogen-bond donors (Lipinski definition) is 0. The SMILES string of the molecule is CCOc1cc(C=NN2C(=O)[C@@H]3[C@H](C2=O)[C@H]2C=C[C@H]3C2)c(Br)cc1OCc1ccc(C)cc1. The lowest BCUT2D eigenvalue weighted by Crippen LogP contribution is -2.28. The molecule has 1 saturated carbocycles. The first-order chi connectivity index (χ1) is 16.0. The van der Waals surface area contributed by atoms with E-state index in [-0.39, 0.29) is 35.5 Å². The Morgan fingerprint density at radius 1 is 1.03 bits per heavy atom. The average Bonchev–Trinajstić information content (AvgIpc) is 3.48. The lowest BCUT2D eigenvalue weighted by atomic mass is 9.85. The van der Waals surface area contributed by atoms with Crippen LogP contribution in [0, 0.1) is 30.6 Å². The van der Waals surface area contributed by atoms with E-state index in [2.05, 4.69) is 33.2 Å². The van der Waals surface area contributed by atoms with Crippen LogP contribution in [0.2, 0.25) is 0 Å². The molecule has 6 nitrogen and oxygen atoms in total. The second-order valence-corrected chi connectivity index (χ2v) is 9.61. The number of halogens is 1. The van der Waals surface area contributed by atoms with Gasteiger partial charge in [-0.3, -0.25) is 9.59 Å². The highest BCUT2D eigenvalue weighted by Gasteiger charge is 2.59. The number of hydrogen-bond acceptors (Lipinski definition) is 5. The van der Waals surface area contributed by atoms with E-state index in [1.807, 2.05) is 44.2 Å². The van der Waals surface area contributed by atoms with E-state index in [1.54, 1.807) is 6.07 Å². The minimum atomic E-state index is -0.260. The molecule has 0 radical (unpaired) electrons. The number of benzene rings is 2. The second kappa shape index (κ2) is 8.78. The van der Waals surface area contributed by atoms with Gasteiger partial charge in [-0.15, -0.1) is 0 Å². The van der Waals surface area contributed by atoms with Crippen molar-refractivity contribution in [3.63, 3.8) is 0 Å². The molecule has 3 aliphatic rings. The summed E-state index contributed by atoms with van der Waals surface area (Å²) in [5, 5.41) is 5.33. The van der Waals surface area contributed by atoms with Crippen molar-refractivity contribution < 1.29 is 19.1 Å². The van der Waals surface area contributed by atoms with Crippen molar-refractivity contribution in [2.75, 3.05) is 6.61 Å². The fraction of sp³-hybridized carbons (Fsp3) is 0.346. The van der Waals surface area contributed by atoms with Crippen molar-refractivity contribution in [3.8, 4) is 11.5 Å². The third kappa shape index (κ3) is 3.99. The van der Waals surface area contributed by atoms with Crippen molar-refractivity contribution >= 4 is 34.0 Å². The van der Waals surface area contributed by atoms with Crippen LogP contribution in [0.25, 0.3) is 0 Å². The normalized spacial score (nSPS) is 25.4. The molecule has 2 bridgehead atoms. The van der Waals surface area contributed by atoms with Gasteiger partial charge >= 0.3 is 0 Å². The van der Waals surface area contributed by atoms with Gasteiger partial charge in [0.15, 0.2) is 11.5 Å². The number of rotatable bonds is 7. The molecule has 0 spiro atoms. The molecule has 2 fully saturated rings. The molecule has 2 amide bonds. The number of hydrazone groups is 1. The Labute approximate surface area is 201 Å². The zero-order valence-corrected chi connectivity index (χ0v) is 20.1. The third-order valence-corrected chi connectivity index (χ3v) is 7.32. The maximum Gasteiger partial charge on any atom is 0.254 e. The number of allylic oxidation sites excluding steroid dienone is 2. The van der Waals surface area contributed by atoms with E-state index in [0.717, 1.165) is 21.5 Å². The summed E-state index contributed by atoms with van der Waals surface area (Å²) in [6, 6.07) is 11.8. The fourth-order valence-corrected chi connectivity index (χ4v) is 5.42. The quantitative estimate of drug-likeness (QED) is 0.303. The Kier molecular flexibility index (Phi) is 5.83. The molecular formula is C26H25BrN2O4. The predicted molar refractivity (Wildman–Crippen MR) is 128 cm³/mol. The highest BCUT2D eigenvalue weighted by Crippen LogP contribution is 2.52. The van der Waals surface area contributed by atoms with Crippen molar-refractivity contribution in [2.24, 2.45) is 28.8 Å². The van der Waals surface area contributed by atoms with Crippen molar-refractivity contribution in [2.45, 2.75) is 26.9 Å². The van der Waals surface area contributed by atoms with Gasteiger partial charge in [0, 0.05) is 10.0 Å². The van der Waals surface area contributed by atoms with Gasteiger partial charge in [0.1, 0.15) is 6.61 Å². The number of carbonyl (C=O) groups excluding carboxylic acids is 2. The van der Waals surface area contributed by atoms with Crippen LogP contribution >= 0.6 is 15.9 Å². The van der Waals surface area contributed by atoms with Crippen molar-refractivity contribution in [1.29, 1.82) is 0 Å². The molecule has 0 unspecified atom stereocenters. The number of imide groups is 1. The second-order valence-electron chi connectivity index (χ2n) is 8.76. The number of amides is 2. The monoisotopic (exact) mass is 508 g/mol. The molecule has 1 aliphatic heterocycles. The van der Waals surface area contributed by atoms with E-state index < -0.39 is 0 Å². The van der Waals surface area contributed by atoms with E-state index >= 15 is 0 Å². The van der Waals surface area contributed by atoms with Crippen LogP contribution in [0.3, 0.4) is 0 Å². The average molecular weight is 509 g/mol. The number of carbonyl (C=O) groups is 2. The minimum Gasteiger partial charge on any atom is -0.490 e. The van der Waals surface area contributed by atoms with Gasteiger partial charge in [-0.2, -0.15) is 10.1 Å². The highest BCUT2D eigenvalue weighted by atomic mass is 79.9. The Bertz CT molecular complexity index is 1130. The molecule has 2 aliphatic carbocycles. The molecule has 4 atom stereocenters. The standard InChI is InChI=1S/C26H25BrN2O4/c1-3-32-21-11-19(20(27)12-22(21)33-14-16-6-4-15(2)5-7-16)13-28-29-25(30)23-17-8-9-18(10-17)24(23)26(29)31/h4-9,11-13,17-18,23-24H,3,10,14H2,1-2H3/t17-,18-,23-,24+/m0/s1. The Morgan fingerprint density at radius 2 is 1.67 bits per heavy atom. The van der Waals surface area contributed by atoms with Gasteiger partial charge in [-0.25, -0.2) is 0 Å². The number of nitrogens with zero attached hydrogens (tertiary/aromatic N) is 2. The zero-order valence-electron chi connectivity index (χ0n) is 18.5. The molecule has 2 aromatic carbocycles. The molecular weight excluding hydrogens is 484 g/mol. The first kappa shape index (κ1) is 21.9. The van der Waals surface area contributed by atoms with E-state index in [9.17, 15) is 9.59 Å².